The van der Waals surface area contributed by atoms with Gasteiger partial charge in [-0.25, -0.2) is 4.79 Å². The van der Waals surface area contributed by atoms with Crippen LogP contribution in [0.3, 0.4) is 0 Å². The molecule has 0 saturated heterocycles. The van der Waals surface area contributed by atoms with E-state index in [0.717, 1.165) is 0 Å². The Kier molecular flexibility index (Phi) is 5.31. The summed E-state index contributed by atoms with van der Waals surface area (Å²) in [5.41, 5.74) is 6.35. The summed E-state index contributed by atoms with van der Waals surface area (Å²) < 4.78 is 9.87. The van der Waals surface area contributed by atoms with Gasteiger partial charge in [-0.15, -0.1) is 0 Å². The Morgan fingerprint density at radius 1 is 1.25 bits per heavy atom. The fraction of sp³-hybridized carbons (Fsp3) is 0.364. The van der Waals surface area contributed by atoms with E-state index in [2.05, 4.69) is 0 Å². The third-order valence-corrected chi connectivity index (χ3v) is 1.88. The molecule has 0 aliphatic carbocycles. The van der Waals surface area contributed by atoms with Crippen LogP contribution >= 0.6 is 0 Å². The minimum atomic E-state index is -0.467. The van der Waals surface area contributed by atoms with Crippen LogP contribution in [0.4, 0.5) is 5.69 Å². The monoisotopic (exact) mass is 225 g/mol. The second-order valence-electron chi connectivity index (χ2n) is 3.06. The standard InChI is InChI=1S/C11H15NO4/c12-10-4-2-1-3-9(10)11(14)16-8-7-15-6-5-13/h1-4,13H,5-8,12H2. The maximum absolute atomic E-state index is 11.5. The second-order valence-corrected chi connectivity index (χ2v) is 3.06. The van der Waals surface area contributed by atoms with Crippen molar-refractivity contribution in [2.24, 2.45) is 0 Å². The van der Waals surface area contributed by atoms with Gasteiger partial charge in [-0.2, -0.15) is 0 Å². The summed E-state index contributed by atoms with van der Waals surface area (Å²) in [6, 6.07) is 6.71. The number of carbonyl (C=O) groups excluding carboxylic acids is 1. The Morgan fingerprint density at radius 2 is 2.00 bits per heavy atom. The third-order valence-electron chi connectivity index (χ3n) is 1.88. The van der Waals surface area contributed by atoms with E-state index in [1.807, 2.05) is 0 Å². The predicted molar refractivity (Wildman–Crippen MR) is 59.0 cm³/mol. The summed E-state index contributed by atoms with van der Waals surface area (Å²) in [6.45, 7) is 0.608. The van der Waals surface area contributed by atoms with Crippen LogP contribution in [0, 0.1) is 0 Å². The van der Waals surface area contributed by atoms with E-state index in [1.54, 1.807) is 24.3 Å². The fourth-order valence-corrected chi connectivity index (χ4v) is 1.12. The van der Waals surface area contributed by atoms with Crippen molar-refractivity contribution in [3.8, 4) is 0 Å². The quantitative estimate of drug-likeness (QED) is 0.417. The van der Waals surface area contributed by atoms with Crippen LogP contribution in [0.25, 0.3) is 0 Å². The van der Waals surface area contributed by atoms with Gasteiger partial charge < -0.3 is 20.3 Å². The van der Waals surface area contributed by atoms with E-state index in [1.165, 1.54) is 0 Å². The molecule has 16 heavy (non-hydrogen) atoms. The van der Waals surface area contributed by atoms with Gasteiger partial charge in [-0.1, -0.05) is 12.1 Å². The first-order chi connectivity index (χ1) is 7.75. The molecule has 0 heterocycles. The van der Waals surface area contributed by atoms with Crippen LogP contribution in [0.15, 0.2) is 24.3 Å². The molecule has 0 aliphatic rings. The topological polar surface area (TPSA) is 81.8 Å². The molecule has 5 heteroatoms. The maximum Gasteiger partial charge on any atom is 0.340 e. The molecule has 0 unspecified atom stereocenters. The first-order valence-electron chi connectivity index (χ1n) is 4.96. The molecule has 0 fully saturated rings. The zero-order valence-corrected chi connectivity index (χ0v) is 8.89. The first-order valence-corrected chi connectivity index (χ1v) is 4.96. The number of hydrogen-bond acceptors (Lipinski definition) is 5. The summed E-state index contributed by atoms with van der Waals surface area (Å²) in [4.78, 5) is 11.5. The Hall–Kier alpha value is -1.59. The molecular formula is C11H15NO4. The normalized spacial score (nSPS) is 10.1. The molecule has 88 valence electrons. The summed E-state index contributed by atoms with van der Waals surface area (Å²) in [6.07, 6.45) is 0. The van der Waals surface area contributed by atoms with Crippen molar-refractivity contribution < 1.29 is 19.4 Å². The van der Waals surface area contributed by atoms with E-state index in [9.17, 15) is 4.79 Å². The molecule has 0 atom stereocenters. The van der Waals surface area contributed by atoms with Crippen LogP contribution in [-0.4, -0.2) is 37.5 Å². The predicted octanol–water partition coefficient (Wildman–Crippen LogP) is 0.434. The van der Waals surface area contributed by atoms with Crippen molar-refractivity contribution in [2.75, 3.05) is 32.2 Å². The van der Waals surface area contributed by atoms with Gasteiger partial charge >= 0.3 is 5.97 Å². The van der Waals surface area contributed by atoms with E-state index in [4.69, 9.17) is 20.3 Å². The highest BCUT2D eigenvalue weighted by molar-refractivity contribution is 5.94. The number of para-hydroxylation sites is 1. The van der Waals surface area contributed by atoms with Gasteiger partial charge in [0.1, 0.15) is 6.61 Å². The molecule has 0 spiro atoms. The third kappa shape index (κ3) is 3.88. The molecule has 0 amide bonds. The Morgan fingerprint density at radius 3 is 2.69 bits per heavy atom. The lowest BCUT2D eigenvalue weighted by Gasteiger charge is -2.06. The lowest BCUT2D eigenvalue weighted by Crippen LogP contribution is -2.13. The lowest BCUT2D eigenvalue weighted by atomic mass is 10.2. The molecule has 1 aromatic rings. The van der Waals surface area contributed by atoms with Crippen LogP contribution in [0.5, 0.6) is 0 Å². The molecule has 0 radical (unpaired) electrons. The van der Waals surface area contributed by atoms with E-state index >= 15 is 0 Å². The van der Waals surface area contributed by atoms with Crippen molar-refractivity contribution in [3.63, 3.8) is 0 Å². The highest BCUT2D eigenvalue weighted by atomic mass is 16.6. The highest BCUT2D eigenvalue weighted by Crippen LogP contribution is 2.11. The summed E-state index contributed by atoms with van der Waals surface area (Å²) in [5.74, 6) is -0.467. The average Bonchev–Trinajstić information content (AvgIpc) is 2.29. The summed E-state index contributed by atoms with van der Waals surface area (Å²) in [7, 11) is 0. The number of benzene rings is 1. The number of rotatable bonds is 6. The van der Waals surface area contributed by atoms with Crippen molar-refractivity contribution in [1.29, 1.82) is 0 Å². The molecular weight excluding hydrogens is 210 g/mol. The van der Waals surface area contributed by atoms with Crippen LogP contribution in [-0.2, 0) is 9.47 Å². The lowest BCUT2D eigenvalue weighted by molar-refractivity contribution is 0.0259. The zero-order valence-electron chi connectivity index (χ0n) is 8.89. The minimum Gasteiger partial charge on any atom is -0.460 e. The van der Waals surface area contributed by atoms with Crippen molar-refractivity contribution in [2.45, 2.75) is 0 Å². The van der Waals surface area contributed by atoms with E-state index < -0.39 is 5.97 Å². The van der Waals surface area contributed by atoms with Gasteiger partial charge in [0, 0.05) is 5.69 Å². The molecule has 0 aliphatic heterocycles. The molecule has 0 bridgehead atoms. The van der Waals surface area contributed by atoms with Crippen molar-refractivity contribution in [1.82, 2.24) is 0 Å². The van der Waals surface area contributed by atoms with Gasteiger partial charge in [0.2, 0.25) is 0 Å². The largest absolute Gasteiger partial charge is 0.460 e. The molecule has 5 nitrogen and oxygen atoms in total. The summed E-state index contributed by atoms with van der Waals surface area (Å²) >= 11 is 0. The van der Waals surface area contributed by atoms with Crippen LogP contribution in [0.2, 0.25) is 0 Å². The summed E-state index contributed by atoms with van der Waals surface area (Å²) in [5, 5.41) is 8.44. The first kappa shape index (κ1) is 12.5. The van der Waals surface area contributed by atoms with Crippen LogP contribution in [0.1, 0.15) is 10.4 Å². The number of anilines is 1. The van der Waals surface area contributed by atoms with Gasteiger partial charge in [-0.3, -0.25) is 0 Å². The maximum atomic E-state index is 11.5. The van der Waals surface area contributed by atoms with Gasteiger partial charge in [-0.05, 0) is 12.1 Å². The number of ether oxygens (including phenoxy) is 2. The molecule has 0 aromatic heterocycles. The molecule has 3 N–H and O–H groups in total. The number of nitrogen functional groups attached to an aromatic ring is 1. The van der Waals surface area contributed by atoms with Gasteiger partial charge in [0.25, 0.3) is 0 Å². The number of nitrogens with two attached hydrogens (primary N) is 1. The number of carbonyl (C=O) groups is 1. The Labute approximate surface area is 93.8 Å². The van der Waals surface area contributed by atoms with Crippen molar-refractivity contribution >= 4 is 11.7 Å². The van der Waals surface area contributed by atoms with Crippen LogP contribution < -0.4 is 5.73 Å². The second kappa shape index (κ2) is 6.81. The van der Waals surface area contributed by atoms with Gasteiger partial charge in [0.15, 0.2) is 0 Å². The molecule has 0 saturated carbocycles. The Bertz CT molecular complexity index is 341. The highest BCUT2D eigenvalue weighted by Gasteiger charge is 2.09. The number of esters is 1. The fourth-order valence-electron chi connectivity index (χ4n) is 1.12. The van der Waals surface area contributed by atoms with E-state index in [0.29, 0.717) is 11.3 Å². The smallest absolute Gasteiger partial charge is 0.340 e. The number of aliphatic hydroxyl groups is 1. The average molecular weight is 225 g/mol. The number of aliphatic hydroxyl groups excluding tert-OH is 1. The Balaban J connectivity index is 2.33. The van der Waals surface area contributed by atoms with E-state index in [-0.39, 0.29) is 26.4 Å². The SMILES string of the molecule is Nc1ccccc1C(=O)OCCOCCO. The molecule has 1 aromatic carbocycles. The zero-order chi connectivity index (χ0) is 11.8. The van der Waals surface area contributed by atoms with Gasteiger partial charge in [0.05, 0.1) is 25.4 Å². The minimum absolute atomic E-state index is 0.0421. The molecule has 1 rings (SSSR count). The van der Waals surface area contributed by atoms with Crippen molar-refractivity contribution in [3.05, 3.63) is 29.8 Å². The number of hydrogen-bond donors (Lipinski definition) is 2.